The topological polar surface area (TPSA) is 55.1 Å². The predicted molar refractivity (Wildman–Crippen MR) is 61.6 cm³/mol. The molecule has 1 rings (SSSR count). The first-order valence-electron chi connectivity index (χ1n) is 5.47. The monoisotopic (exact) mass is 278 g/mol. The van der Waals surface area contributed by atoms with Gasteiger partial charge in [0.2, 0.25) is 5.91 Å². The molecule has 7 heteroatoms. The second-order valence-corrected chi connectivity index (χ2v) is 4.45. The summed E-state index contributed by atoms with van der Waals surface area (Å²) in [4.78, 5) is 11.5. The van der Waals surface area contributed by atoms with Crippen LogP contribution in [0.15, 0.2) is 24.3 Å². The molecule has 0 bridgehead atoms. The number of alkyl halides is 3. The van der Waals surface area contributed by atoms with Crippen LogP contribution in [0.25, 0.3) is 0 Å². The average molecular weight is 278 g/mol. The number of hydrogen-bond acceptors (Lipinski definition) is 2. The normalized spacial score (nSPS) is 16.6. The Morgan fingerprint density at radius 1 is 1.37 bits per heavy atom. The molecule has 0 heterocycles. The van der Waals surface area contributed by atoms with E-state index in [9.17, 15) is 22.4 Å². The first kappa shape index (κ1) is 15.4. The molecule has 0 fully saturated rings. The highest BCUT2D eigenvalue weighted by atomic mass is 19.4. The van der Waals surface area contributed by atoms with E-state index in [1.165, 1.54) is 25.1 Å². The number of carbonyl (C=O) groups excluding carboxylic acids is 1. The molecule has 0 saturated heterocycles. The molecule has 3 N–H and O–H groups in total. The molecule has 0 saturated carbocycles. The zero-order valence-corrected chi connectivity index (χ0v) is 10.4. The third-order valence-corrected chi connectivity index (χ3v) is 2.76. The van der Waals surface area contributed by atoms with E-state index in [1.54, 1.807) is 0 Å². The lowest BCUT2D eigenvalue weighted by Gasteiger charge is -2.28. The quantitative estimate of drug-likeness (QED) is 0.833. The second-order valence-electron chi connectivity index (χ2n) is 4.45. The smallest absolute Gasteiger partial charge is 0.348 e. The highest BCUT2D eigenvalue weighted by Gasteiger charge is 2.54. The highest BCUT2D eigenvalue weighted by molar-refractivity contribution is 5.86. The van der Waals surface area contributed by atoms with Crippen LogP contribution in [-0.2, 0) is 4.79 Å². The van der Waals surface area contributed by atoms with E-state index in [2.05, 4.69) is 5.32 Å². The van der Waals surface area contributed by atoms with E-state index in [0.717, 1.165) is 6.07 Å². The number of amides is 1. The van der Waals surface area contributed by atoms with Crippen molar-refractivity contribution in [1.29, 1.82) is 0 Å². The Morgan fingerprint density at radius 3 is 2.42 bits per heavy atom. The lowest BCUT2D eigenvalue weighted by atomic mass is 10.0. The molecule has 1 aromatic carbocycles. The van der Waals surface area contributed by atoms with E-state index < -0.39 is 29.5 Å². The van der Waals surface area contributed by atoms with E-state index >= 15 is 0 Å². The molecule has 0 aliphatic heterocycles. The fourth-order valence-corrected chi connectivity index (χ4v) is 1.33. The first-order chi connectivity index (χ1) is 8.55. The highest BCUT2D eigenvalue weighted by Crippen LogP contribution is 2.28. The molecule has 19 heavy (non-hydrogen) atoms. The largest absolute Gasteiger partial charge is 0.415 e. The summed E-state index contributed by atoms with van der Waals surface area (Å²) in [6.07, 6.45) is -4.86. The Balaban J connectivity index is 2.83. The third kappa shape index (κ3) is 3.44. The second kappa shape index (κ2) is 5.16. The number of halogens is 4. The summed E-state index contributed by atoms with van der Waals surface area (Å²) in [5.74, 6) is -1.90. The van der Waals surface area contributed by atoms with Gasteiger partial charge in [-0.1, -0.05) is 12.1 Å². The van der Waals surface area contributed by atoms with Gasteiger partial charge in [-0.25, -0.2) is 4.39 Å². The SMILES string of the molecule is CC(NC(=O)C(C)(N)C(F)(F)F)c1cccc(F)c1. The number of rotatable bonds is 3. The van der Waals surface area contributed by atoms with Crippen molar-refractivity contribution in [2.24, 2.45) is 5.73 Å². The average Bonchev–Trinajstić information content (AvgIpc) is 2.27. The molecular weight excluding hydrogens is 264 g/mol. The summed E-state index contributed by atoms with van der Waals surface area (Å²) in [6, 6.07) is 4.44. The molecule has 0 aliphatic carbocycles. The zero-order valence-electron chi connectivity index (χ0n) is 10.4. The number of benzene rings is 1. The summed E-state index contributed by atoms with van der Waals surface area (Å²) in [5, 5.41) is 2.12. The van der Waals surface area contributed by atoms with Gasteiger partial charge in [0.1, 0.15) is 5.82 Å². The van der Waals surface area contributed by atoms with Crippen LogP contribution in [0.5, 0.6) is 0 Å². The zero-order chi connectivity index (χ0) is 14.8. The van der Waals surface area contributed by atoms with Crippen molar-refractivity contribution in [2.75, 3.05) is 0 Å². The van der Waals surface area contributed by atoms with Gasteiger partial charge in [-0.05, 0) is 31.5 Å². The van der Waals surface area contributed by atoms with E-state index in [-0.39, 0.29) is 0 Å². The Hall–Kier alpha value is -1.63. The van der Waals surface area contributed by atoms with Gasteiger partial charge in [-0.2, -0.15) is 13.2 Å². The van der Waals surface area contributed by atoms with Crippen LogP contribution in [0, 0.1) is 5.82 Å². The maximum Gasteiger partial charge on any atom is 0.415 e. The molecule has 1 aromatic rings. The molecule has 106 valence electrons. The summed E-state index contributed by atoms with van der Waals surface area (Å²) < 4.78 is 50.6. The number of nitrogens with one attached hydrogen (secondary N) is 1. The molecule has 0 spiro atoms. The number of hydrogen-bond donors (Lipinski definition) is 2. The molecule has 0 aliphatic rings. The van der Waals surface area contributed by atoms with Crippen molar-refractivity contribution in [1.82, 2.24) is 5.32 Å². The van der Waals surface area contributed by atoms with Crippen LogP contribution >= 0.6 is 0 Å². The molecular formula is C12H14F4N2O. The fourth-order valence-electron chi connectivity index (χ4n) is 1.33. The van der Waals surface area contributed by atoms with Gasteiger partial charge >= 0.3 is 6.18 Å². The van der Waals surface area contributed by atoms with Gasteiger partial charge in [-0.3, -0.25) is 4.79 Å². The molecule has 0 aromatic heterocycles. The first-order valence-corrected chi connectivity index (χ1v) is 5.47. The number of nitrogens with two attached hydrogens (primary N) is 1. The van der Waals surface area contributed by atoms with Crippen LogP contribution in [-0.4, -0.2) is 17.6 Å². The van der Waals surface area contributed by atoms with Gasteiger partial charge < -0.3 is 11.1 Å². The van der Waals surface area contributed by atoms with E-state index in [4.69, 9.17) is 5.73 Å². The van der Waals surface area contributed by atoms with Crippen molar-refractivity contribution >= 4 is 5.91 Å². The standard InChI is InChI=1S/C12H14F4N2O/c1-7(8-4-3-5-9(13)6-8)18-10(19)11(2,17)12(14,15)16/h3-7H,17H2,1-2H3,(H,18,19). The van der Waals surface area contributed by atoms with Crippen LogP contribution in [0.3, 0.4) is 0 Å². The Bertz CT molecular complexity index is 471. The van der Waals surface area contributed by atoms with Crippen molar-refractivity contribution in [3.63, 3.8) is 0 Å². The molecule has 2 atom stereocenters. The van der Waals surface area contributed by atoms with Gasteiger partial charge in [-0.15, -0.1) is 0 Å². The minimum Gasteiger partial charge on any atom is -0.348 e. The van der Waals surface area contributed by atoms with Crippen molar-refractivity contribution in [3.8, 4) is 0 Å². The summed E-state index contributed by atoms with van der Waals surface area (Å²) in [7, 11) is 0. The van der Waals surface area contributed by atoms with Crippen LogP contribution in [0.1, 0.15) is 25.5 Å². The van der Waals surface area contributed by atoms with E-state index in [0.29, 0.717) is 12.5 Å². The third-order valence-electron chi connectivity index (χ3n) is 2.76. The molecule has 3 nitrogen and oxygen atoms in total. The number of carbonyl (C=O) groups is 1. The minimum atomic E-state index is -4.86. The lowest BCUT2D eigenvalue weighted by molar-refractivity contribution is -0.187. The Kier molecular flexibility index (Phi) is 4.19. The van der Waals surface area contributed by atoms with Gasteiger partial charge in [0.15, 0.2) is 5.54 Å². The van der Waals surface area contributed by atoms with Crippen LogP contribution in [0.2, 0.25) is 0 Å². The maximum atomic E-state index is 13.0. The van der Waals surface area contributed by atoms with Crippen LogP contribution in [0.4, 0.5) is 17.6 Å². The predicted octanol–water partition coefficient (Wildman–Crippen LogP) is 2.28. The van der Waals surface area contributed by atoms with Crippen molar-refractivity contribution in [2.45, 2.75) is 31.6 Å². The van der Waals surface area contributed by atoms with Gasteiger partial charge in [0.05, 0.1) is 6.04 Å². The fraction of sp³-hybridized carbons (Fsp3) is 0.417. The van der Waals surface area contributed by atoms with Crippen molar-refractivity contribution in [3.05, 3.63) is 35.6 Å². The lowest BCUT2D eigenvalue weighted by Crippen LogP contribution is -2.61. The molecule has 2 unspecified atom stereocenters. The minimum absolute atomic E-state index is 0.353. The summed E-state index contributed by atoms with van der Waals surface area (Å²) in [5.41, 5.74) is 2.34. The van der Waals surface area contributed by atoms with Gasteiger partial charge in [0, 0.05) is 0 Å². The van der Waals surface area contributed by atoms with E-state index in [1.807, 2.05) is 0 Å². The van der Waals surface area contributed by atoms with Crippen molar-refractivity contribution < 1.29 is 22.4 Å². The van der Waals surface area contributed by atoms with Crippen LogP contribution < -0.4 is 11.1 Å². The summed E-state index contributed by atoms with van der Waals surface area (Å²) >= 11 is 0. The molecule has 1 amide bonds. The Labute approximate surface area is 107 Å². The Morgan fingerprint density at radius 2 is 1.95 bits per heavy atom. The molecule has 0 radical (unpaired) electrons. The summed E-state index contributed by atoms with van der Waals surface area (Å²) in [6.45, 7) is 2.03. The maximum absolute atomic E-state index is 13.0. The van der Waals surface area contributed by atoms with Gasteiger partial charge in [0.25, 0.3) is 0 Å².